The van der Waals surface area contributed by atoms with E-state index in [4.69, 9.17) is 0 Å². The maximum atomic E-state index is 13.1. The standard InChI is InChI=1S/C8H3BrF3NO/c9-5-1-6(10)8(12)4(7(5)11)2-13-3-14/h1H,2H2. The van der Waals surface area contributed by atoms with E-state index >= 15 is 0 Å². The molecule has 6 heteroatoms. The van der Waals surface area contributed by atoms with Gasteiger partial charge in [-0.05, 0) is 22.0 Å². The number of isocyanates is 1. The molecule has 1 rings (SSSR count). The summed E-state index contributed by atoms with van der Waals surface area (Å²) in [6.45, 7) is -0.572. The number of carbonyl (C=O) groups excluding carboxylic acids is 1. The van der Waals surface area contributed by atoms with E-state index in [-0.39, 0.29) is 4.47 Å². The Bertz CT molecular complexity index is 389. The van der Waals surface area contributed by atoms with Crippen LogP contribution >= 0.6 is 15.9 Å². The summed E-state index contributed by atoms with van der Waals surface area (Å²) in [5.41, 5.74) is -0.597. The van der Waals surface area contributed by atoms with Crippen molar-refractivity contribution in [3.63, 3.8) is 0 Å². The largest absolute Gasteiger partial charge is 0.235 e. The number of hydrogen-bond donors (Lipinski definition) is 0. The maximum absolute atomic E-state index is 13.1. The van der Waals surface area contributed by atoms with E-state index in [0.29, 0.717) is 6.07 Å². The molecule has 2 nitrogen and oxygen atoms in total. The predicted octanol–water partition coefficient (Wildman–Crippen LogP) is 2.70. The summed E-state index contributed by atoms with van der Waals surface area (Å²) in [5.74, 6) is -3.51. The Morgan fingerprint density at radius 3 is 2.57 bits per heavy atom. The van der Waals surface area contributed by atoms with Crippen LogP contribution in [0.4, 0.5) is 13.2 Å². The van der Waals surface area contributed by atoms with Gasteiger partial charge in [0.2, 0.25) is 6.08 Å². The topological polar surface area (TPSA) is 29.4 Å². The molecule has 0 aliphatic carbocycles. The van der Waals surface area contributed by atoms with E-state index < -0.39 is 29.6 Å². The summed E-state index contributed by atoms with van der Waals surface area (Å²) >= 11 is 2.70. The molecule has 0 spiro atoms. The smallest absolute Gasteiger partial charge is 0.211 e. The number of rotatable bonds is 2. The lowest BCUT2D eigenvalue weighted by Crippen LogP contribution is -1.99. The zero-order valence-corrected chi connectivity index (χ0v) is 8.24. The number of benzene rings is 1. The van der Waals surface area contributed by atoms with Gasteiger partial charge in [-0.15, -0.1) is 0 Å². The molecule has 0 aromatic heterocycles. The Hall–Kier alpha value is -1.13. The van der Waals surface area contributed by atoms with E-state index in [1.807, 2.05) is 0 Å². The highest BCUT2D eigenvalue weighted by molar-refractivity contribution is 9.10. The molecule has 0 N–H and O–H groups in total. The molecular weight excluding hydrogens is 263 g/mol. The predicted molar refractivity (Wildman–Crippen MR) is 45.8 cm³/mol. The van der Waals surface area contributed by atoms with Gasteiger partial charge in [-0.25, -0.2) is 23.0 Å². The minimum atomic E-state index is -1.34. The summed E-state index contributed by atoms with van der Waals surface area (Å²) in [5, 5.41) is 0. The maximum Gasteiger partial charge on any atom is 0.235 e. The monoisotopic (exact) mass is 265 g/mol. The summed E-state index contributed by atoms with van der Waals surface area (Å²) in [6.07, 6.45) is 1.11. The van der Waals surface area contributed by atoms with Crippen molar-refractivity contribution in [1.29, 1.82) is 0 Å². The third-order valence-corrected chi connectivity index (χ3v) is 2.08. The first-order valence-electron chi connectivity index (χ1n) is 3.43. The second-order valence-corrected chi connectivity index (χ2v) is 3.21. The molecule has 0 saturated carbocycles. The van der Waals surface area contributed by atoms with Crippen molar-refractivity contribution in [2.75, 3.05) is 0 Å². The van der Waals surface area contributed by atoms with Crippen LogP contribution in [-0.4, -0.2) is 6.08 Å². The van der Waals surface area contributed by atoms with Crippen LogP contribution in [0, 0.1) is 17.5 Å². The lowest BCUT2D eigenvalue weighted by atomic mass is 10.2. The minimum Gasteiger partial charge on any atom is -0.211 e. The van der Waals surface area contributed by atoms with Crippen molar-refractivity contribution in [3.8, 4) is 0 Å². The molecule has 0 fully saturated rings. The molecule has 0 heterocycles. The molecule has 0 aliphatic rings. The van der Waals surface area contributed by atoms with Crippen LogP contribution in [0.5, 0.6) is 0 Å². The highest BCUT2D eigenvalue weighted by Crippen LogP contribution is 2.24. The molecule has 0 unspecified atom stereocenters. The fourth-order valence-corrected chi connectivity index (χ4v) is 1.31. The first kappa shape index (κ1) is 10.9. The van der Waals surface area contributed by atoms with Crippen LogP contribution in [-0.2, 0) is 11.3 Å². The molecule has 14 heavy (non-hydrogen) atoms. The first-order chi connectivity index (χ1) is 6.57. The van der Waals surface area contributed by atoms with Crippen LogP contribution in [0.15, 0.2) is 15.5 Å². The Labute approximate surface area is 85.6 Å². The average Bonchev–Trinajstić information content (AvgIpc) is 2.15. The molecule has 1 aromatic rings. The molecule has 0 radical (unpaired) electrons. The van der Waals surface area contributed by atoms with Crippen molar-refractivity contribution in [3.05, 3.63) is 33.6 Å². The quantitative estimate of drug-likeness (QED) is 0.459. The summed E-state index contributed by atoms with van der Waals surface area (Å²) in [4.78, 5) is 12.7. The summed E-state index contributed by atoms with van der Waals surface area (Å²) in [6, 6.07) is 0.665. The van der Waals surface area contributed by atoms with Crippen LogP contribution < -0.4 is 0 Å². The second kappa shape index (κ2) is 4.39. The van der Waals surface area contributed by atoms with E-state index in [0.717, 1.165) is 6.08 Å². The summed E-state index contributed by atoms with van der Waals surface area (Å²) < 4.78 is 38.6. The van der Waals surface area contributed by atoms with Crippen LogP contribution in [0.1, 0.15) is 5.56 Å². The van der Waals surface area contributed by atoms with E-state index in [2.05, 4.69) is 20.9 Å². The van der Waals surface area contributed by atoms with Crippen molar-refractivity contribution in [2.24, 2.45) is 4.99 Å². The van der Waals surface area contributed by atoms with Crippen LogP contribution in [0.25, 0.3) is 0 Å². The van der Waals surface area contributed by atoms with Gasteiger partial charge in [-0.3, -0.25) is 0 Å². The minimum absolute atomic E-state index is 0.215. The van der Waals surface area contributed by atoms with E-state index in [9.17, 15) is 18.0 Å². The zero-order valence-electron chi connectivity index (χ0n) is 6.65. The van der Waals surface area contributed by atoms with Crippen molar-refractivity contribution in [1.82, 2.24) is 0 Å². The number of aliphatic imine (C=N–C) groups is 1. The molecule has 0 bridgehead atoms. The third kappa shape index (κ3) is 2.02. The lowest BCUT2D eigenvalue weighted by Gasteiger charge is -2.03. The zero-order chi connectivity index (χ0) is 10.7. The number of hydrogen-bond acceptors (Lipinski definition) is 2. The van der Waals surface area contributed by atoms with Gasteiger partial charge < -0.3 is 0 Å². The van der Waals surface area contributed by atoms with Crippen LogP contribution in [0.3, 0.4) is 0 Å². The lowest BCUT2D eigenvalue weighted by molar-refractivity contribution is 0.477. The highest BCUT2D eigenvalue weighted by Gasteiger charge is 2.16. The Morgan fingerprint density at radius 2 is 2.00 bits per heavy atom. The molecule has 0 saturated heterocycles. The second-order valence-electron chi connectivity index (χ2n) is 2.35. The highest BCUT2D eigenvalue weighted by atomic mass is 79.9. The average molecular weight is 266 g/mol. The SMILES string of the molecule is O=C=NCc1c(F)c(F)cc(Br)c1F. The Morgan fingerprint density at radius 1 is 1.36 bits per heavy atom. The molecule has 0 amide bonds. The molecule has 0 aliphatic heterocycles. The normalized spacial score (nSPS) is 9.71. The van der Waals surface area contributed by atoms with E-state index in [1.165, 1.54) is 0 Å². The van der Waals surface area contributed by atoms with Crippen molar-refractivity contribution >= 4 is 22.0 Å². The van der Waals surface area contributed by atoms with Gasteiger partial charge in [0.05, 0.1) is 16.6 Å². The van der Waals surface area contributed by atoms with Gasteiger partial charge in [-0.1, -0.05) is 0 Å². The fraction of sp³-hybridized carbons (Fsp3) is 0.125. The van der Waals surface area contributed by atoms with Gasteiger partial charge >= 0.3 is 0 Å². The van der Waals surface area contributed by atoms with Gasteiger partial charge in [-0.2, -0.15) is 0 Å². The Kier molecular flexibility index (Phi) is 3.43. The van der Waals surface area contributed by atoms with Crippen LogP contribution in [0.2, 0.25) is 0 Å². The van der Waals surface area contributed by atoms with Gasteiger partial charge in [0.25, 0.3) is 0 Å². The molecule has 74 valence electrons. The van der Waals surface area contributed by atoms with Gasteiger partial charge in [0.15, 0.2) is 11.6 Å². The molecule has 1 aromatic carbocycles. The third-order valence-electron chi connectivity index (χ3n) is 1.50. The molecule has 0 atom stereocenters. The number of halogens is 4. The van der Waals surface area contributed by atoms with Crippen molar-refractivity contribution < 1.29 is 18.0 Å². The van der Waals surface area contributed by atoms with Gasteiger partial charge in [0.1, 0.15) is 5.82 Å². The van der Waals surface area contributed by atoms with Crippen molar-refractivity contribution in [2.45, 2.75) is 6.54 Å². The molecular formula is C8H3BrF3NO. The first-order valence-corrected chi connectivity index (χ1v) is 4.22. The fourth-order valence-electron chi connectivity index (χ4n) is 0.873. The van der Waals surface area contributed by atoms with Gasteiger partial charge in [0, 0.05) is 0 Å². The Balaban J connectivity index is 3.31. The van der Waals surface area contributed by atoms with E-state index in [1.54, 1.807) is 0 Å². The number of nitrogens with zero attached hydrogens (tertiary/aromatic N) is 1. The summed E-state index contributed by atoms with van der Waals surface area (Å²) in [7, 11) is 0.